The van der Waals surface area contributed by atoms with Crippen molar-refractivity contribution in [2.45, 2.75) is 0 Å². The second kappa shape index (κ2) is 8.00. The van der Waals surface area contributed by atoms with Crippen LogP contribution in [0.3, 0.4) is 0 Å². The molecule has 0 aliphatic rings. The van der Waals surface area contributed by atoms with Gasteiger partial charge in [0.25, 0.3) is 5.91 Å². The Morgan fingerprint density at radius 1 is 0.923 bits per heavy atom. The van der Waals surface area contributed by atoms with E-state index in [1.54, 1.807) is 37.4 Å². The smallest absolute Gasteiger partial charge is 0.258 e. The van der Waals surface area contributed by atoms with Crippen LogP contribution >= 0.6 is 0 Å². The summed E-state index contributed by atoms with van der Waals surface area (Å²) in [4.78, 5) is 12.3. The first-order chi connectivity index (χ1) is 12.7. The highest BCUT2D eigenvalue weighted by molar-refractivity contribution is 6.05. The molecule has 1 amide bonds. The Labute approximate surface area is 151 Å². The number of anilines is 1. The van der Waals surface area contributed by atoms with Crippen LogP contribution in [0.25, 0.3) is 0 Å². The fraction of sp³-hybridized carbons (Fsp3) is 0.0455. The second-order valence-electron chi connectivity index (χ2n) is 5.46. The molecule has 0 spiro atoms. The number of para-hydroxylation sites is 1. The average Bonchev–Trinajstić information content (AvgIpc) is 2.68. The summed E-state index contributed by atoms with van der Waals surface area (Å²) < 4.78 is 18.9. The largest absolute Gasteiger partial charge is 0.497 e. The molecule has 128 valence electrons. The molecule has 3 aromatic rings. The lowest BCUT2D eigenvalue weighted by Crippen LogP contribution is -2.14. The van der Waals surface area contributed by atoms with Gasteiger partial charge in [0, 0.05) is 11.1 Å². The Balaban J connectivity index is 1.84. The van der Waals surface area contributed by atoms with Crippen molar-refractivity contribution in [2.24, 2.45) is 0 Å². The van der Waals surface area contributed by atoms with Crippen LogP contribution in [0.1, 0.15) is 21.5 Å². The van der Waals surface area contributed by atoms with Gasteiger partial charge in [0.15, 0.2) is 0 Å². The molecule has 26 heavy (non-hydrogen) atoms. The highest BCUT2D eigenvalue weighted by Gasteiger charge is 2.12. The Kier molecular flexibility index (Phi) is 5.31. The number of rotatable bonds is 3. The number of carbonyl (C=O) groups excluding carboxylic acids is 1. The van der Waals surface area contributed by atoms with E-state index in [0.717, 1.165) is 11.3 Å². The first-order valence-electron chi connectivity index (χ1n) is 7.98. The van der Waals surface area contributed by atoms with E-state index >= 15 is 0 Å². The minimum absolute atomic E-state index is 0.00887. The molecule has 0 saturated carbocycles. The minimum Gasteiger partial charge on any atom is -0.497 e. The summed E-state index contributed by atoms with van der Waals surface area (Å²) in [5.41, 5.74) is 1.99. The molecule has 3 rings (SSSR count). The number of halogens is 1. The number of methoxy groups -OCH3 is 1. The normalized spacial score (nSPS) is 9.77. The fourth-order valence-corrected chi connectivity index (χ4v) is 2.35. The van der Waals surface area contributed by atoms with Crippen LogP contribution in [-0.2, 0) is 0 Å². The quantitative estimate of drug-likeness (QED) is 0.711. The predicted octanol–water partition coefficient (Wildman–Crippen LogP) is 4.49. The van der Waals surface area contributed by atoms with Gasteiger partial charge in [-0.05, 0) is 48.5 Å². The molecule has 0 heterocycles. The van der Waals surface area contributed by atoms with Crippen molar-refractivity contribution >= 4 is 11.6 Å². The minimum atomic E-state index is -0.563. The monoisotopic (exact) mass is 345 g/mol. The maximum atomic E-state index is 13.8. The number of benzene rings is 3. The zero-order valence-corrected chi connectivity index (χ0v) is 14.1. The summed E-state index contributed by atoms with van der Waals surface area (Å²) in [7, 11) is 1.61. The third kappa shape index (κ3) is 4.08. The van der Waals surface area contributed by atoms with Crippen molar-refractivity contribution in [1.29, 1.82) is 0 Å². The van der Waals surface area contributed by atoms with Crippen molar-refractivity contribution in [3.8, 4) is 17.6 Å². The van der Waals surface area contributed by atoms with Gasteiger partial charge in [-0.2, -0.15) is 0 Å². The number of amides is 1. The Morgan fingerprint density at radius 2 is 1.62 bits per heavy atom. The summed E-state index contributed by atoms with van der Waals surface area (Å²) >= 11 is 0. The molecule has 4 heteroatoms. The molecule has 3 aromatic carbocycles. The van der Waals surface area contributed by atoms with Crippen LogP contribution in [-0.4, -0.2) is 13.0 Å². The van der Waals surface area contributed by atoms with E-state index in [-0.39, 0.29) is 5.56 Å². The highest BCUT2D eigenvalue weighted by Crippen LogP contribution is 2.17. The van der Waals surface area contributed by atoms with Crippen molar-refractivity contribution in [3.05, 3.63) is 95.3 Å². The zero-order chi connectivity index (χ0) is 18.4. The van der Waals surface area contributed by atoms with Crippen LogP contribution in [0, 0.1) is 17.7 Å². The number of ether oxygens (including phenoxy) is 1. The maximum absolute atomic E-state index is 13.8. The number of carbonyl (C=O) groups is 1. The molecule has 3 nitrogen and oxygen atoms in total. The lowest BCUT2D eigenvalue weighted by atomic mass is 10.1. The second-order valence-corrected chi connectivity index (χ2v) is 5.46. The molecule has 0 aromatic heterocycles. The predicted molar refractivity (Wildman–Crippen MR) is 99.8 cm³/mol. The third-order valence-corrected chi connectivity index (χ3v) is 3.73. The van der Waals surface area contributed by atoms with Crippen molar-refractivity contribution < 1.29 is 13.9 Å². The van der Waals surface area contributed by atoms with E-state index in [4.69, 9.17) is 4.74 Å². The SMILES string of the molecule is COc1ccc(C#Cc2ccccc2NC(=O)c2ccccc2F)cc1. The van der Waals surface area contributed by atoms with E-state index < -0.39 is 11.7 Å². The topological polar surface area (TPSA) is 38.3 Å². The van der Waals surface area contributed by atoms with Gasteiger partial charge in [-0.1, -0.05) is 36.1 Å². The molecule has 1 N–H and O–H groups in total. The summed E-state index contributed by atoms with van der Waals surface area (Å²) in [6.45, 7) is 0. The molecule has 0 radical (unpaired) electrons. The molecule has 0 aliphatic heterocycles. The zero-order valence-electron chi connectivity index (χ0n) is 14.1. The summed E-state index contributed by atoms with van der Waals surface area (Å²) in [5, 5.41) is 2.72. The van der Waals surface area contributed by atoms with Gasteiger partial charge in [-0.15, -0.1) is 0 Å². The molecular weight excluding hydrogens is 329 g/mol. The molecule has 0 fully saturated rings. The van der Waals surface area contributed by atoms with Crippen molar-refractivity contribution in [2.75, 3.05) is 12.4 Å². The van der Waals surface area contributed by atoms with Crippen LogP contribution in [0.2, 0.25) is 0 Å². The Hall–Kier alpha value is -3.58. The van der Waals surface area contributed by atoms with E-state index in [0.29, 0.717) is 11.3 Å². The molecule has 0 bridgehead atoms. The molecule has 0 atom stereocenters. The third-order valence-electron chi connectivity index (χ3n) is 3.73. The number of hydrogen-bond acceptors (Lipinski definition) is 2. The molecule has 0 unspecified atom stereocenters. The first kappa shape index (κ1) is 17.2. The van der Waals surface area contributed by atoms with Gasteiger partial charge in [-0.25, -0.2) is 4.39 Å². The van der Waals surface area contributed by atoms with E-state index in [9.17, 15) is 9.18 Å². The van der Waals surface area contributed by atoms with Gasteiger partial charge in [0.05, 0.1) is 18.4 Å². The number of nitrogens with one attached hydrogen (secondary N) is 1. The van der Waals surface area contributed by atoms with Crippen molar-refractivity contribution in [1.82, 2.24) is 0 Å². The summed E-state index contributed by atoms with van der Waals surface area (Å²) in [6.07, 6.45) is 0. The number of hydrogen-bond donors (Lipinski definition) is 1. The van der Waals surface area contributed by atoms with E-state index in [1.807, 2.05) is 30.3 Å². The van der Waals surface area contributed by atoms with Gasteiger partial charge in [0.2, 0.25) is 0 Å². The maximum Gasteiger partial charge on any atom is 0.258 e. The molecular formula is C22H16FNO2. The van der Waals surface area contributed by atoms with Gasteiger partial charge in [0.1, 0.15) is 11.6 Å². The Morgan fingerprint density at radius 3 is 2.35 bits per heavy atom. The summed E-state index contributed by atoms with van der Waals surface area (Å²) in [6, 6.07) is 20.4. The van der Waals surface area contributed by atoms with Crippen LogP contribution in [0.15, 0.2) is 72.8 Å². The van der Waals surface area contributed by atoms with Gasteiger partial charge >= 0.3 is 0 Å². The van der Waals surface area contributed by atoms with E-state index in [1.165, 1.54) is 12.1 Å². The van der Waals surface area contributed by atoms with Gasteiger partial charge < -0.3 is 10.1 Å². The molecule has 0 saturated heterocycles. The first-order valence-corrected chi connectivity index (χ1v) is 7.98. The van der Waals surface area contributed by atoms with Crippen LogP contribution < -0.4 is 10.1 Å². The average molecular weight is 345 g/mol. The Bertz CT molecular complexity index is 985. The van der Waals surface area contributed by atoms with Crippen LogP contribution in [0.5, 0.6) is 5.75 Å². The fourth-order valence-electron chi connectivity index (χ4n) is 2.35. The summed E-state index contributed by atoms with van der Waals surface area (Å²) in [5.74, 6) is 5.77. The molecule has 0 aliphatic carbocycles. The standard InChI is InChI=1S/C22H16FNO2/c1-26-18-14-11-16(12-15-18)10-13-17-6-2-5-9-21(17)24-22(25)19-7-3-4-8-20(19)23/h2-9,11-12,14-15H,1H3,(H,24,25). The van der Waals surface area contributed by atoms with Crippen molar-refractivity contribution in [3.63, 3.8) is 0 Å². The lowest BCUT2D eigenvalue weighted by molar-refractivity contribution is 0.102. The van der Waals surface area contributed by atoms with E-state index in [2.05, 4.69) is 17.2 Å². The lowest BCUT2D eigenvalue weighted by Gasteiger charge is -2.08. The van der Waals surface area contributed by atoms with Crippen LogP contribution in [0.4, 0.5) is 10.1 Å². The highest BCUT2D eigenvalue weighted by atomic mass is 19.1. The van der Waals surface area contributed by atoms with Gasteiger partial charge in [-0.3, -0.25) is 4.79 Å².